The van der Waals surface area contributed by atoms with Crippen molar-refractivity contribution in [1.82, 2.24) is 15.3 Å². The smallest absolute Gasteiger partial charge is 0.169 e. The Morgan fingerprint density at radius 2 is 1.86 bits per heavy atom. The molecule has 2 aromatic rings. The highest BCUT2D eigenvalue weighted by molar-refractivity contribution is 5.43. The lowest BCUT2D eigenvalue weighted by Gasteiger charge is -2.14. The maximum Gasteiger partial charge on any atom is 0.169 e. The first kappa shape index (κ1) is 15.3. The van der Waals surface area contributed by atoms with Gasteiger partial charge >= 0.3 is 0 Å². The Morgan fingerprint density at radius 3 is 2.48 bits per heavy atom. The normalized spacial score (nSPS) is 10.7. The molecule has 1 heterocycles. The minimum Gasteiger partial charge on any atom is -0.493 e. The van der Waals surface area contributed by atoms with E-state index in [1.807, 2.05) is 31.3 Å². The SMILES string of the molecule is CNCc1nc(C(C)C)ncc1Oc1ccccc1OC. The molecule has 0 saturated heterocycles. The monoisotopic (exact) mass is 287 g/mol. The first-order valence-corrected chi connectivity index (χ1v) is 6.97. The molecule has 112 valence electrons. The van der Waals surface area contributed by atoms with Gasteiger partial charge in [0.05, 0.1) is 13.3 Å². The molecule has 1 aromatic carbocycles. The summed E-state index contributed by atoms with van der Waals surface area (Å²) in [7, 11) is 3.50. The van der Waals surface area contributed by atoms with E-state index in [2.05, 4.69) is 29.1 Å². The van der Waals surface area contributed by atoms with E-state index in [9.17, 15) is 0 Å². The number of benzene rings is 1. The van der Waals surface area contributed by atoms with Crippen LogP contribution in [0.4, 0.5) is 0 Å². The maximum atomic E-state index is 5.93. The number of hydrogen-bond acceptors (Lipinski definition) is 5. The van der Waals surface area contributed by atoms with Crippen molar-refractivity contribution in [3.05, 3.63) is 42.0 Å². The van der Waals surface area contributed by atoms with E-state index in [0.717, 1.165) is 11.5 Å². The molecule has 2 rings (SSSR count). The number of hydrogen-bond donors (Lipinski definition) is 1. The minimum absolute atomic E-state index is 0.279. The first-order valence-electron chi connectivity index (χ1n) is 6.97. The average molecular weight is 287 g/mol. The maximum absolute atomic E-state index is 5.93. The minimum atomic E-state index is 0.279. The summed E-state index contributed by atoms with van der Waals surface area (Å²) in [5.41, 5.74) is 0.835. The first-order chi connectivity index (χ1) is 10.2. The summed E-state index contributed by atoms with van der Waals surface area (Å²) < 4.78 is 11.2. The number of nitrogens with zero attached hydrogens (tertiary/aromatic N) is 2. The number of rotatable bonds is 6. The molecule has 21 heavy (non-hydrogen) atoms. The van der Waals surface area contributed by atoms with Crippen molar-refractivity contribution in [2.24, 2.45) is 0 Å². The highest BCUT2D eigenvalue weighted by atomic mass is 16.5. The van der Waals surface area contributed by atoms with Crippen LogP contribution in [-0.2, 0) is 6.54 Å². The van der Waals surface area contributed by atoms with Gasteiger partial charge in [0, 0.05) is 12.5 Å². The predicted octanol–water partition coefficient (Wildman–Crippen LogP) is 3.12. The van der Waals surface area contributed by atoms with E-state index in [1.54, 1.807) is 13.3 Å². The number of ether oxygens (including phenoxy) is 2. The highest BCUT2D eigenvalue weighted by Crippen LogP contribution is 2.32. The third-order valence-corrected chi connectivity index (χ3v) is 3.00. The van der Waals surface area contributed by atoms with E-state index < -0.39 is 0 Å². The van der Waals surface area contributed by atoms with Crippen molar-refractivity contribution in [3.8, 4) is 17.2 Å². The molecule has 0 aliphatic rings. The van der Waals surface area contributed by atoms with Crippen LogP contribution in [0.3, 0.4) is 0 Å². The summed E-state index contributed by atoms with van der Waals surface area (Å²) in [4.78, 5) is 8.94. The largest absolute Gasteiger partial charge is 0.493 e. The fourth-order valence-corrected chi connectivity index (χ4v) is 1.90. The third kappa shape index (κ3) is 3.70. The molecule has 0 spiro atoms. The van der Waals surface area contributed by atoms with Gasteiger partial charge in [0.25, 0.3) is 0 Å². The molecule has 0 aliphatic carbocycles. The summed E-state index contributed by atoms with van der Waals surface area (Å²) in [6, 6.07) is 7.52. The Labute approximate surface area is 125 Å². The van der Waals surface area contributed by atoms with Gasteiger partial charge in [-0.2, -0.15) is 0 Å². The van der Waals surface area contributed by atoms with E-state index >= 15 is 0 Å². The third-order valence-electron chi connectivity index (χ3n) is 3.00. The van der Waals surface area contributed by atoms with E-state index in [0.29, 0.717) is 23.8 Å². The van der Waals surface area contributed by atoms with Gasteiger partial charge in [0.1, 0.15) is 11.5 Å². The van der Waals surface area contributed by atoms with E-state index in [-0.39, 0.29) is 5.92 Å². The standard InChI is InChI=1S/C16H21N3O2/c1-11(2)16-18-10-15(12(19-16)9-17-3)21-14-8-6-5-7-13(14)20-4/h5-8,10-11,17H,9H2,1-4H3. The predicted molar refractivity (Wildman–Crippen MR) is 82.0 cm³/mol. The fourth-order valence-electron chi connectivity index (χ4n) is 1.90. The van der Waals surface area contributed by atoms with Crippen LogP contribution in [0.2, 0.25) is 0 Å². The van der Waals surface area contributed by atoms with Crippen molar-refractivity contribution in [2.45, 2.75) is 26.3 Å². The summed E-state index contributed by atoms with van der Waals surface area (Å²) in [6.07, 6.45) is 1.72. The van der Waals surface area contributed by atoms with Crippen LogP contribution < -0.4 is 14.8 Å². The molecule has 0 bridgehead atoms. The van der Waals surface area contributed by atoms with Crippen LogP contribution in [0.15, 0.2) is 30.5 Å². The summed E-state index contributed by atoms with van der Waals surface area (Å²) >= 11 is 0. The molecule has 0 aliphatic heterocycles. The van der Waals surface area contributed by atoms with Gasteiger partial charge in [0.2, 0.25) is 0 Å². The second-order valence-electron chi connectivity index (χ2n) is 4.98. The van der Waals surface area contributed by atoms with E-state index in [1.165, 1.54) is 0 Å². The van der Waals surface area contributed by atoms with E-state index in [4.69, 9.17) is 9.47 Å². The molecule has 0 saturated carbocycles. The van der Waals surface area contributed by atoms with Crippen molar-refractivity contribution >= 4 is 0 Å². The van der Waals surface area contributed by atoms with Crippen LogP contribution in [0, 0.1) is 0 Å². The lowest BCUT2D eigenvalue weighted by atomic mass is 10.2. The van der Waals surface area contributed by atoms with Crippen molar-refractivity contribution in [1.29, 1.82) is 0 Å². The zero-order valence-electron chi connectivity index (χ0n) is 12.9. The number of para-hydroxylation sites is 2. The van der Waals surface area contributed by atoms with Crippen molar-refractivity contribution in [2.75, 3.05) is 14.2 Å². The van der Waals surface area contributed by atoms with Gasteiger partial charge < -0.3 is 14.8 Å². The average Bonchev–Trinajstić information content (AvgIpc) is 2.49. The zero-order valence-corrected chi connectivity index (χ0v) is 12.9. The van der Waals surface area contributed by atoms with Crippen LogP contribution in [0.5, 0.6) is 17.2 Å². The number of methoxy groups -OCH3 is 1. The highest BCUT2D eigenvalue weighted by Gasteiger charge is 2.13. The molecule has 1 aromatic heterocycles. The van der Waals surface area contributed by atoms with Crippen molar-refractivity contribution < 1.29 is 9.47 Å². The molecule has 0 radical (unpaired) electrons. The van der Waals surface area contributed by atoms with Gasteiger partial charge in [0.15, 0.2) is 17.2 Å². The van der Waals surface area contributed by atoms with Crippen LogP contribution >= 0.6 is 0 Å². The van der Waals surface area contributed by atoms with Gasteiger partial charge in [-0.3, -0.25) is 0 Å². The molecule has 0 unspecified atom stereocenters. The molecule has 5 nitrogen and oxygen atoms in total. The summed E-state index contributed by atoms with van der Waals surface area (Å²) in [6.45, 7) is 4.76. The lowest BCUT2D eigenvalue weighted by molar-refractivity contribution is 0.375. The molecule has 0 atom stereocenters. The molecule has 5 heteroatoms. The molecular formula is C16H21N3O2. The Balaban J connectivity index is 2.34. The summed E-state index contributed by atoms with van der Waals surface area (Å²) in [5.74, 6) is 3.06. The Hall–Kier alpha value is -2.14. The molecule has 0 fully saturated rings. The molecule has 0 amide bonds. The Kier molecular flexibility index (Phi) is 5.11. The van der Waals surface area contributed by atoms with Crippen LogP contribution in [0.25, 0.3) is 0 Å². The quantitative estimate of drug-likeness (QED) is 0.884. The topological polar surface area (TPSA) is 56.3 Å². The second kappa shape index (κ2) is 7.04. The summed E-state index contributed by atoms with van der Waals surface area (Å²) in [5, 5.41) is 3.10. The van der Waals surface area contributed by atoms with Crippen molar-refractivity contribution in [3.63, 3.8) is 0 Å². The second-order valence-corrected chi connectivity index (χ2v) is 4.98. The van der Waals surface area contributed by atoms with Gasteiger partial charge in [-0.25, -0.2) is 9.97 Å². The molecule has 1 N–H and O–H groups in total. The van der Waals surface area contributed by atoms with Gasteiger partial charge in [-0.1, -0.05) is 26.0 Å². The van der Waals surface area contributed by atoms with Crippen LogP contribution in [0.1, 0.15) is 31.3 Å². The Bertz CT molecular complexity index is 600. The zero-order chi connectivity index (χ0) is 15.2. The Morgan fingerprint density at radius 1 is 1.14 bits per heavy atom. The van der Waals surface area contributed by atoms with Gasteiger partial charge in [-0.15, -0.1) is 0 Å². The lowest BCUT2D eigenvalue weighted by Crippen LogP contribution is -2.11. The van der Waals surface area contributed by atoms with Crippen LogP contribution in [-0.4, -0.2) is 24.1 Å². The number of aromatic nitrogens is 2. The molecular weight excluding hydrogens is 266 g/mol. The number of nitrogens with one attached hydrogen (secondary N) is 1. The fraction of sp³-hybridized carbons (Fsp3) is 0.375. The van der Waals surface area contributed by atoms with Gasteiger partial charge in [-0.05, 0) is 19.2 Å².